The van der Waals surface area contributed by atoms with E-state index in [1.165, 1.54) is 10.4 Å². The van der Waals surface area contributed by atoms with Crippen LogP contribution in [0.2, 0.25) is 0 Å². The first-order valence-corrected chi connectivity index (χ1v) is 12.7. The second-order valence-corrected chi connectivity index (χ2v) is 9.60. The van der Waals surface area contributed by atoms with Crippen molar-refractivity contribution >= 4 is 39.3 Å². The summed E-state index contributed by atoms with van der Waals surface area (Å²) in [5.41, 5.74) is 3.88. The first-order valence-electron chi connectivity index (χ1n) is 11.9. The van der Waals surface area contributed by atoms with Gasteiger partial charge in [0.1, 0.15) is 10.8 Å². The monoisotopic (exact) mass is 484 g/mol. The van der Waals surface area contributed by atoms with Crippen LogP contribution in [0.25, 0.3) is 10.8 Å². The molecule has 0 atom stereocenters. The van der Waals surface area contributed by atoms with Crippen LogP contribution in [0.4, 0.5) is 5.00 Å². The molecule has 178 valence electrons. The second-order valence-electron chi connectivity index (χ2n) is 8.51. The van der Waals surface area contributed by atoms with E-state index in [0.717, 1.165) is 53.7 Å². The van der Waals surface area contributed by atoms with E-state index >= 15 is 0 Å². The summed E-state index contributed by atoms with van der Waals surface area (Å²) in [6, 6.07) is 22.6. The number of nitrogens with zero attached hydrogens (tertiary/aromatic N) is 2. The molecule has 1 aliphatic heterocycles. The molecule has 0 fully saturated rings. The summed E-state index contributed by atoms with van der Waals surface area (Å²) in [6.07, 6.45) is 2.63. The van der Waals surface area contributed by atoms with Gasteiger partial charge >= 0.3 is 5.97 Å². The average molecular weight is 485 g/mol. The Morgan fingerprint density at radius 3 is 2.69 bits per heavy atom. The summed E-state index contributed by atoms with van der Waals surface area (Å²) in [5, 5.41) is 2.87. The summed E-state index contributed by atoms with van der Waals surface area (Å²) < 4.78 is 11.1. The highest BCUT2D eigenvalue weighted by Crippen LogP contribution is 2.40. The Kier molecular flexibility index (Phi) is 6.93. The van der Waals surface area contributed by atoms with Crippen molar-refractivity contribution in [2.45, 2.75) is 26.4 Å². The van der Waals surface area contributed by atoms with Crippen LogP contribution in [0, 0.1) is 0 Å². The van der Waals surface area contributed by atoms with Crippen LogP contribution >= 0.6 is 11.3 Å². The average Bonchev–Trinajstić information content (AvgIpc) is 3.25. The van der Waals surface area contributed by atoms with Gasteiger partial charge in [-0.25, -0.2) is 9.79 Å². The number of methoxy groups -OCH3 is 1. The molecule has 4 aromatic rings. The van der Waals surface area contributed by atoms with Crippen molar-refractivity contribution in [3.05, 3.63) is 93.9 Å². The molecule has 6 heteroatoms. The molecule has 0 radical (unpaired) electrons. The van der Waals surface area contributed by atoms with Gasteiger partial charge in [-0.05, 0) is 41.3 Å². The van der Waals surface area contributed by atoms with Gasteiger partial charge in [0.05, 0.1) is 19.3 Å². The lowest BCUT2D eigenvalue weighted by Crippen LogP contribution is -2.29. The van der Waals surface area contributed by atoms with Gasteiger partial charge in [0.15, 0.2) is 0 Å². The van der Waals surface area contributed by atoms with Gasteiger partial charge in [0.2, 0.25) is 0 Å². The number of ether oxygens (including phenoxy) is 2. The van der Waals surface area contributed by atoms with Gasteiger partial charge in [-0.3, -0.25) is 4.90 Å². The SMILES string of the molecule is CCOC(=O)c1c(N=Cc2c(OC)ccc3ccccc23)sc2c1CCN(Cc1ccccc1)C2. The van der Waals surface area contributed by atoms with Crippen molar-refractivity contribution in [2.75, 3.05) is 20.3 Å². The third-order valence-electron chi connectivity index (χ3n) is 6.31. The van der Waals surface area contributed by atoms with Crippen LogP contribution in [-0.4, -0.2) is 37.3 Å². The maximum atomic E-state index is 13.0. The van der Waals surface area contributed by atoms with Crippen molar-refractivity contribution in [3.8, 4) is 5.75 Å². The second kappa shape index (κ2) is 10.4. The fourth-order valence-corrected chi connectivity index (χ4v) is 5.86. The Morgan fingerprint density at radius 1 is 1.09 bits per heavy atom. The van der Waals surface area contributed by atoms with Crippen LogP contribution in [0.15, 0.2) is 71.7 Å². The molecule has 0 spiro atoms. The van der Waals surface area contributed by atoms with E-state index < -0.39 is 0 Å². The minimum atomic E-state index is -0.293. The van der Waals surface area contributed by atoms with Crippen molar-refractivity contribution in [1.82, 2.24) is 4.90 Å². The number of benzene rings is 3. The Hall–Kier alpha value is -3.48. The van der Waals surface area contributed by atoms with Crippen LogP contribution in [-0.2, 0) is 24.2 Å². The summed E-state index contributed by atoms with van der Waals surface area (Å²) in [5.74, 6) is 0.457. The quantitative estimate of drug-likeness (QED) is 0.225. The van der Waals surface area contributed by atoms with Gasteiger partial charge < -0.3 is 9.47 Å². The minimum Gasteiger partial charge on any atom is -0.496 e. The number of thiophene rings is 1. The zero-order valence-electron chi connectivity index (χ0n) is 20.0. The molecule has 0 saturated carbocycles. The topological polar surface area (TPSA) is 51.1 Å². The Labute approximate surface area is 209 Å². The fraction of sp³-hybridized carbons (Fsp3) is 0.241. The smallest absolute Gasteiger partial charge is 0.341 e. The van der Waals surface area contributed by atoms with Crippen LogP contribution < -0.4 is 4.74 Å². The number of fused-ring (bicyclic) bond motifs is 2. The normalized spacial score (nSPS) is 13.8. The van der Waals surface area contributed by atoms with Gasteiger partial charge in [0, 0.05) is 36.3 Å². The number of rotatable bonds is 7. The van der Waals surface area contributed by atoms with Crippen molar-refractivity contribution in [3.63, 3.8) is 0 Å². The van der Waals surface area contributed by atoms with Gasteiger partial charge in [0.25, 0.3) is 0 Å². The first kappa shape index (κ1) is 23.3. The molecular formula is C29H28N2O3S. The Balaban J connectivity index is 1.51. The third kappa shape index (κ3) is 4.85. The molecule has 2 heterocycles. The van der Waals surface area contributed by atoms with E-state index in [9.17, 15) is 4.79 Å². The van der Waals surface area contributed by atoms with E-state index in [-0.39, 0.29) is 5.97 Å². The highest BCUT2D eigenvalue weighted by Gasteiger charge is 2.28. The van der Waals surface area contributed by atoms with Gasteiger partial charge in [-0.15, -0.1) is 11.3 Å². The fourth-order valence-electron chi connectivity index (χ4n) is 4.63. The minimum absolute atomic E-state index is 0.293. The molecule has 0 unspecified atom stereocenters. The number of aliphatic imine (C=N–C) groups is 1. The highest BCUT2D eigenvalue weighted by molar-refractivity contribution is 7.16. The largest absolute Gasteiger partial charge is 0.496 e. The molecule has 0 saturated heterocycles. The molecule has 5 rings (SSSR count). The third-order valence-corrected chi connectivity index (χ3v) is 7.43. The lowest BCUT2D eigenvalue weighted by Gasteiger charge is -2.27. The predicted molar refractivity (Wildman–Crippen MR) is 142 cm³/mol. The number of carbonyl (C=O) groups excluding carboxylic acids is 1. The maximum absolute atomic E-state index is 13.0. The summed E-state index contributed by atoms with van der Waals surface area (Å²) in [4.78, 5) is 21.4. The molecule has 1 aromatic heterocycles. The number of esters is 1. The molecule has 0 aliphatic carbocycles. The molecule has 0 N–H and O–H groups in total. The van der Waals surface area contributed by atoms with E-state index in [0.29, 0.717) is 17.2 Å². The predicted octanol–water partition coefficient (Wildman–Crippen LogP) is 6.40. The molecule has 5 nitrogen and oxygen atoms in total. The number of carbonyl (C=O) groups is 1. The van der Waals surface area contributed by atoms with Gasteiger partial charge in [-0.2, -0.15) is 0 Å². The highest BCUT2D eigenvalue weighted by atomic mass is 32.1. The first-order chi connectivity index (χ1) is 17.2. The number of hydrogen-bond donors (Lipinski definition) is 0. The molecule has 35 heavy (non-hydrogen) atoms. The molecule has 0 amide bonds. The maximum Gasteiger partial charge on any atom is 0.341 e. The van der Waals surface area contributed by atoms with Crippen LogP contribution in [0.3, 0.4) is 0 Å². The molecule has 0 bridgehead atoms. The molecule has 3 aromatic carbocycles. The van der Waals surface area contributed by atoms with Crippen molar-refractivity contribution in [2.24, 2.45) is 4.99 Å². The number of hydrogen-bond acceptors (Lipinski definition) is 6. The molecule has 1 aliphatic rings. The van der Waals surface area contributed by atoms with Crippen molar-refractivity contribution in [1.29, 1.82) is 0 Å². The zero-order valence-corrected chi connectivity index (χ0v) is 20.8. The van der Waals surface area contributed by atoms with E-state index in [2.05, 4.69) is 41.3 Å². The van der Waals surface area contributed by atoms with Crippen LogP contribution in [0.5, 0.6) is 5.75 Å². The zero-order chi connectivity index (χ0) is 24.2. The van der Waals surface area contributed by atoms with Crippen LogP contribution in [0.1, 0.15) is 38.8 Å². The summed E-state index contributed by atoms with van der Waals surface area (Å²) in [6.45, 7) is 4.75. The summed E-state index contributed by atoms with van der Waals surface area (Å²) in [7, 11) is 1.66. The van der Waals surface area contributed by atoms with E-state index in [4.69, 9.17) is 14.5 Å². The summed E-state index contributed by atoms with van der Waals surface area (Å²) >= 11 is 1.59. The Morgan fingerprint density at radius 2 is 1.89 bits per heavy atom. The lowest BCUT2D eigenvalue weighted by molar-refractivity contribution is 0.0526. The van der Waals surface area contributed by atoms with Crippen molar-refractivity contribution < 1.29 is 14.3 Å². The van der Waals surface area contributed by atoms with E-state index in [1.54, 1.807) is 18.4 Å². The molecular weight excluding hydrogens is 456 g/mol. The Bertz CT molecular complexity index is 1380. The standard InChI is InChI=1S/C29H28N2O3S/c1-3-34-29(32)27-23-15-16-31(18-20-9-5-4-6-10-20)19-26(23)35-28(27)30-17-24-22-12-8-7-11-21(22)13-14-25(24)33-2/h4-14,17H,3,15-16,18-19H2,1-2H3. The van der Waals surface area contributed by atoms with Gasteiger partial charge in [-0.1, -0.05) is 60.7 Å². The van der Waals surface area contributed by atoms with E-state index in [1.807, 2.05) is 43.5 Å². The lowest BCUT2D eigenvalue weighted by atomic mass is 10.0.